The van der Waals surface area contributed by atoms with E-state index in [0.29, 0.717) is 27.8 Å². The summed E-state index contributed by atoms with van der Waals surface area (Å²) in [5, 5.41) is 39.2. The van der Waals surface area contributed by atoms with Crippen molar-refractivity contribution in [3.8, 4) is 5.75 Å². The molecule has 0 spiro atoms. The molecule has 31 heavy (non-hydrogen) atoms. The van der Waals surface area contributed by atoms with Crippen LogP contribution in [-0.4, -0.2) is 63.7 Å². The van der Waals surface area contributed by atoms with Gasteiger partial charge in [-0.2, -0.15) is 0 Å². The lowest BCUT2D eigenvalue weighted by Gasteiger charge is -2.37. The van der Waals surface area contributed by atoms with E-state index >= 15 is 0 Å². The van der Waals surface area contributed by atoms with E-state index in [9.17, 15) is 30.0 Å². The summed E-state index contributed by atoms with van der Waals surface area (Å²) in [6.45, 7) is 2.75. The molecule has 1 aromatic rings. The van der Waals surface area contributed by atoms with Crippen molar-refractivity contribution in [2.75, 3.05) is 13.2 Å². The van der Waals surface area contributed by atoms with Gasteiger partial charge in [0.05, 0.1) is 31.5 Å². The number of phenolic OH excluding ortho intramolecular Hbond substituents is 1. The molecule has 1 aliphatic carbocycles. The molecule has 2 heterocycles. The van der Waals surface area contributed by atoms with Gasteiger partial charge < -0.3 is 29.9 Å². The molecule has 1 aromatic carbocycles. The Hall–Kier alpha value is -2.78. The number of fused-ring (bicyclic) bond motifs is 1. The minimum absolute atomic E-state index is 0.00811. The first-order chi connectivity index (χ1) is 14.7. The third-order valence-electron chi connectivity index (χ3n) is 5.98. The summed E-state index contributed by atoms with van der Waals surface area (Å²) in [6.07, 6.45) is 4.10. The maximum Gasteiger partial charge on any atom is 0.343 e. The third kappa shape index (κ3) is 3.32. The van der Waals surface area contributed by atoms with Crippen LogP contribution in [0.5, 0.6) is 5.75 Å². The van der Waals surface area contributed by atoms with Crippen LogP contribution < -0.4 is 0 Å². The van der Waals surface area contributed by atoms with Gasteiger partial charge in [0.2, 0.25) is 5.78 Å². The van der Waals surface area contributed by atoms with E-state index in [0.717, 1.165) is 0 Å². The van der Waals surface area contributed by atoms with Crippen LogP contribution in [0, 0.1) is 0 Å². The summed E-state index contributed by atoms with van der Waals surface area (Å²) in [5.74, 6) is -1.44. The number of Topliss-reactive ketones (excluding diaryl/α,β-unsaturated/α-hetero) is 1. The van der Waals surface area contributed by atoms with Crippen LogP contribution in [0.4, 0.5) is 0 Å². The van der Waals surface area contributed by atoms with Crippen LogP contribution >= 0.6 is 0 Å². The van der Waals surface area contributed by atoms with Gasteiger partial charge in [-0.05, 0) is 36.6 Å². The maximum absolute atomic E-state index is 13.2. The third-order valence-corrected chi connectivity index (χ3v) is 5.98. The number of esters is 1. The molecule has 4 atom stereocenters. The van der Waals surface area contributed by atoms with Gasteiger partial charge >= 0.3 is 5.97 Å². The number of aliphatic hydroxyl groups excluding tert-OH is 3. The Morgan fingerprint density at radius 1 is 1.23 bits per heavy atom. The summed E-state index contributed by atoms with van der Waals surface area (Å²) in [4.78, 5) is 25.7. The van der Waals surface area contributed by atoms with Gasteiger partial charge in [-0.3, -0.25) is 4.79 Å². The van der Waals surface area contributed by atoms with Gasteiger partial charge in [-0.15, -0.1) is 0 Å². The second-order valence-corrected chi connectivity index (χ2v) is 8.11. The maximum atomic E-state index is 13.2. The molecule has 0 saturated carbocycles. The van der Waals surface area contributed by atoms with Gasteiger partial charge in [0, 0.05) is 17.6 Å². The van der Waals surface area contributed by atoms with Crippen molar-refractivity contribution >= 4 is 23.4 Å². The molecule has 4 N–H and O–H groups in total. The summed E-state index contributed by atoms with van der Waals surface area (Å²) in [6, 6.07) is 1.43. The number of hydrogen-bond acceptors (Lipinski definition) is 8. The molecule has 0 aromatic heterocycles. The molecule has 164 valence electrons. The molecule has 2 unspecified atom stereocenters. The molecule has 8 nitrogen and oxygen atoms in total. The first kappa shape index (κ1) is 21.5. The quantitative estimate of drug-likeness (QED) is 0.406. The lowest BCUT2D eigenvalue weighted by atomic mass is 9.71. The van der Waals surface area contributed by atoms with Crippen molar-refractivity contribution in [3.63, 3.8) is 0 Å². The van der Waals surface area contributed by atoms with Crippen molar-refractivity contribution in [1.29, 1.82) is 0 Å². The lowest BCUT2D eigenvalue weighted by Crippen LogP contribution is -2.42. The molecule has 4 rings (SSSR count). The van der Waals surface area contributed by atoms with Crippen molar-refractivity contribution < 1.29 is 39.5 Å². The molecule has 0 amide bonds. The topological polar surface area (TPSA) is 134 Å². The number of carbonyl (C=O) groups excluding carboxylic acids is 2. The van der Waals surface area contributed by atoms with E-state index in [2.05, 4.69) is 0 Å². The van der Waals surface area contributed by atoms with Crippen molar-refractivity contribution in [2.24, 2.45) is 0 Å². The number of phenols is 1. The number of hydrogen-bond donors (Lipinski definition) is 4. The van der Waals surface area contributed by atoms with Crippen molar-refractivity contribution in [3.05, 3.63) is 52.1 Å². The highest BCUT2D eigenvalue weighted by Crippen LogP contribution is 2.53. The standard InChI is InChI=1S/C23H24O8/c1-11(25)16(26)6-4-3-5-12-7-17(27)19-20-18(12)14-8-13(9-24)30-10-15(14)21(28)23(20,2)31-22(19)29/h3-7,11,13,16,24-27H,8-10H2,1-2H3/b5-3+,6-4+/t11?,13-,16?,23-/m0/s1. The van der Waals surface area contributed by atoms with Crippen LogP contribution in [0.3, 0.4) is 0 Å². The number of aromatic hydroxyl groups is 1. The average molecular weight is 428 g/mol. The highest BCUT2D eigenvalue weighted by molar-refractivity contribution is 6.18. The predicted octanol–water partition coefficient (Wildman–Crippen LogP) is 1.21. The number of rotatable bonds is 5. The summed E-state index contributed by atoms with van der Waals surface area (Å²) >= 11 is 0. The molecular weight excluding hydrogens is 404 g/mol. The first-order valence-corrected chi connectivity index (χ1v) is 10.0. The second kappa shape index (κ2) is 7.72. The fourth-order valence-corrected chi connectivity index (χ4v) is 4.33. The molecule has 0 radical (unpaired) electrons. The highest BCUT2D eigenvalue weighted by atomic mass is 16.6. The van der Waals surface area contributed by atoms with Crippen molar-refractivity contribution in [2.45, 2.75) is 44.2 Å². The van der Waals surface area contributed by atoms with Gasteiger partial charge in [0.15, 0.2) is 5.60 Å². The molecule has 0 bridgehead atoms. The minimum atomic E-state index is -1.56. The molecule has 0 fully saturated rings. The predicted molar refractivity (Wildman–Crippen MR) is 110 cm³/mol. The Morgan fingerprint density at radius 3 is 2.65 bits per heavy atom. The van der Waals surface area contributed by atoms with Crippen LogP contribution in [0.15, 0.2) is 29.9 Å². The monoisotopic (exact) mass is 428 g/mol. The van der Waals surface area contributed by atoms with E-state index in [1.807, 2.05) is 0 Å². The second-order valence-electron chi connectivity index (χ2n) is 8.11. The summed E-state index contributed by atoms with van der Waals surface area (Å²) < 4.78 is 11.0. The SMILES string of the molecule is CC(O)C(O)/C=C/C=C/c1cc(O)c2c3c1C1=C(CO[C@H](CO)C1)C(=O)[C@@]3(C)OC2=O. The van der Waals surface area contributed by atoms with Crippen LogP contribution in [0.25, 0.3) is 11.6 Å². The largest absolute Gasteiger partial charge is 0.507 e. The molecule has 0 saturated heterocycles. The highest BCUT2D eigenvalue weighted by Gasteiger charge is 2.55. The fourth-order valence-electron chi connectivity index (χ4n) is 4.33. The number of ketones is 1. The average Bonchev–Trinajstić information content (AvgIpc) is 3.02. The number of aliphatic hydroxyl groups is 3. The fraction of sp³-hybridized carbons (Fsp3) is 0.391. The molecule has 2 aliphatic heterocycles. The van der Waals surface area contributed by atoms with Crippen LogP contribution in [-0.2, 0) is 19.9 Å². The minimum Gasteiger partial charge on any atom is -0.507 e. The van der Waals surface area contributed by atoms with Gasteiger partial charge in [-0.1, -0.05) is 24.3 Å². The van der Waals surface area contributed by atoms with E-state index in [4.69, 9.17) is 9.47 Å². The van der Waals surface area contributed by atoms with E-state index in [1.54, 1.807) is 18.2 Å². The normalized spacial score (nSPS) is 26.9. The number of benzene rings is 1. The number of carbonyl (C=O) groups is 2. The Labute approximate surface area is 178 Å². The first-order valence-electron chi connectivity index (χ1n) is 10.0. The summed E-state index contributed by atoms with van der Waals surface area (Å²) in [5.41, 5.74) is 0.953. The van der Waals surface area contributed by atoms with Crippen LogP contribution in [0.2, 0.25) is 0 Å². The number of allylic oxidation sites excluding steroid dienone is 2. The Bertz CT molecular complexity index is 1050. The smallest absolute Gasteiger partial charge is 0.343 e. The van der Waals surface area contributed by atoms with E-state index in [1.165, 1.54) is 26.0 Å². The zero-order valence-electron chi connectivity index (χ0n) is 17.2. The molecular formula is C23H24O8. The zero-order chi connectivity index (χ0) is 22.5. The van der Waals surface area contributed by atoms with Gasteiger partial charge in [-0.25, -0.2) is 4.79 Å². The molecule has 3 aliphatic rings. The van der Waals surface area contributed by atoms with Gasteiger partial charge in [0.25, 0.3) is 0 Å². The van der Waals surface area contributed by atoms with Gasteiger partial charge in [0.1, 0.15) is 11.3 Å². The van der Waals surface area contributed by atoms with Crippen molar-refractivity contribution in [1.82, 2.24) is 0 Å². The Morgan fingerprint density at radius 2 is 1.97 bits per heavy atom. The summed E-state index contributed by atoms with van der Waals surface area (Å²) in [7, 11) is 0. The Kier molecular flexibility index (Phi) is 5.35. The number of ether oxygens (including phenoxy) is 2. The van der Waals surface area contributed by atoms with E-state index < -0.39 is 29.9 Å². The van der Waals surface area contributed by atoms with Crippen LogP contribution in [0.1, 0.15) is 47.3 Å². The molecule has 8 heteroatoms. The Balaban J connectivity index is 1.89. The zero-order valence-corrected chi connectivity index (χ0v) is 17.2. The van der Waals surface area contributed by atoms with E-state index in [-0.39, 0.29) is 36.7 Å². The lowest BCUT2D eigenvalue weighted by molar-refractivity contribution is -0.133.